The molecule has 2 saturated heterocycles. The molecule has 0 bridgehead atoms. The van der Waals surface area contributed by atoms with E-state index >= 15 is 0 Å². The second-order valence-electron chi connectivity index (χ2n) is 9.47. The van der Waals surface area contributed by atoms with Crippen molar-refractivity contribution in [1.29, 1.82) is 0 Å². The van der Waals surface area contributed by atoms with Crippen molar-refractivity contribution in [2.45, 2.75) is 57.6 Å². The number of aliphatic hydroxyl groups is 1. The minimum atomic E-state index is -0.516. The van der Waals surface area contributed by atoms with Crippen LogP contribution in [0.25, 0.3) is 0 Å². The minimum absolute atomic E-state index is 0.0513. The van der Waals surface area contributed by atoms with Crippen LogP contribution in [0.4, 0.5) is 0 Å². The highest BCUT2D eigenvalue weighted by atomic mass is 35.5. The molecule has 2 atom stereocenters. The van der Waals surface area contributed by atoms with Crippen LogP contribution in [0.15, 0.2) is 24.3 Å². The molecule has 0 aromatic heterocycles. The highest BCUT2D eigenvalue weighted by Crippen LogP contribution is 2.53. The fourth-order valence-electron chi connectivity index (χ4n) is 4.98. The Kier molecular flexibility index (Phi) is 6.77. The molecular weight excluding hydrogens is 430 g/mol. The van der Waals surface area contributed by atoms with Gasteiger partial charge < -0.3 is 19.8 Å². The number of hydrogen-bond donors (Lipinski definition) is 1. The molecule has 174 valence electrons. The molecule has 1 N–H and O–H groups in total. The number of likely N-dealkylation sites (tertiary alicyclic amines) is 1. The Hall–Kier alpha value is -2.12. The molecule has 1 spiro atoms. The van der Waals surface area contributed by atoms with E-state index in [9.17, 15) is 19.5 Å². The zero-order chi connectivity index (χ0) is 22.9. The van der Waals surface area contributed by atoms with Crippen LogP contribution in [-0.2, 0) is 20.8 Å². The Morgan fingerprint density at radius 2 is 1.94 bits per heavy atom. The smallest absolute Gasteiger partial charge is 0.245 e. The van der Waals surface area contributed by atoms with Crippen LogP contribution in [-0.4, -0.2) is 82.4 Å². The molecule has 1 saturated carbocycles. The molecule has 1 aromatic carbocycles. The van der Waals surface area contributed by atoms with E-state index in [1.807, 2.05) is 12.1 Å². The molecule has 4 rings (SSSR count). The van der Waals surface area contributed by atoms with Gasteiger partial charge in [0, 0.05) is 44.2 Å². The molecule has 1 aromatic rings. The summed E-state index contributed by atoms with van der Waals surface area (Å²) in [5.74, 6) is -0.109. The van der Waals surface area contributed by atoms with Gasteiger partial charge in [-0.2, -0.15) is 0 Å². The van der Waals surface area contributed by atoms with E-state index in [0.717, 1.165) is 31.4 Å². The number of piperidine rings is 1. The SMILES string of the molecule is C[C@H]1C(=O)N(CCCC(=O)N2CCC3(CC3)[C@H](O)C2)CCN1C(=O)Cc1cccc(Cl)c1. The first-order valence-corrected chi connectivity index (χ1v) is 12.0. The fraction of sp³-hybridized carbons (Fsp3) is 0.625. The van der Waals surface area contributed by atoms with Crippen molar-refractivity contribution in [2.24, 2.45) is 5.41 Å². The number of nitrogens with zero attached hydrogens (tertiary/aromatic N) is 3. The molecule has 1 aliphatic carbocycles. The number of carbonyl (C=O) groups excluding carboxylic acids is 3. The van der Waals surface area contributed by atoms with Gasteiger partial charge in [-0.15, -0.1) is 0 Å². The monoisotopic (exact) mass is 461 g/mol. The van der Waals surface area contributed by atoms with Crippen LogP contribution >= 0.6 is 11.6 Å². The average Bonchev–Trinajstić information content (AvgIpc) is 3.54. The summed E-state index contributed by atoms with van der Waals surface area (Å²) in [5, 5.41) is 10.9. The summed E-state index contributed by atoms with van der Waals surface area (Å²) < 4.78 is 0. The van der Waals surface area contributed by atoms with Crippen molar-refractivity contribution >= 4 is 29.3 Å². The number of piperazine rings is 1. The predicted octanol–water partition coefficient (Wildman–Crippen LogP) is 2.10. The number of β-amino-alcohol motifs (C(OH)–C–C–N with tert-alkyl or cyclic N) is 1. The first-order valence-electron chi connectivity index (χ1n) is 11.6. The van der Waals surface area contributed by atoms with E-state index in [1.165, 1.54) is 0 Å². The zero-order valence-corrected chi connectivity index (χ0v) is 19.4. The lowest BCUT2D eigenvalue weighted by Crippen LogP contribution is -2.58. The number of aliphatic hydroxyl groups excluding tert-OH is 1. The third-order valence-corrected chi connectivity index (χ3v) is 7.59. The lowest BCUT2D eigenvalue weighted by Gasteiger charge is -2.39. The summed E-state index contributed by atoms with van der Waals surface area (Å²) in [6.45, 7) is 4.38. The van der Waals surface area contributed by atoms with Crippen molar-refractivity contribution in [3.8, 4) is 0 Å². The number of carbonyl (C=O) groups is 3. The Labute approximate surface area is 194 Å². The molecule has 0 unspecified atom stereocenters. The van der Waals surface area contributed by atoms with Gasteiger partial charge in [-0.1, -0.05) is 23.7 Å². The van der Waals surface area contributed by atoms with Crippen molar-refractivity contribution < 1.29 is 19.5 Å². The summed E-state index contributed by atoms with van der Waals surface area (Å²) in [7, 11) is 0. The topological polar surface area (TPSA) is 81.2 Å². The second-order valence-corrected chi connectivity index (χ2v) is 9.90. The maximum absolute atomic E-state index is 12.8. The van der Waals surface area contributed by atoms with Gasteiger partial charge in [0.2, 0.25) is 17.7 Å². The van der Waals surface area contributed by atoms with Crippen LogP contribution in [0.3, 0.4) is 0 Å². The molecule has 3 fully saturated rings. The highest BCUT2D eigenvalue weighted by Gasteiger charge is 2.51. The van der Waals surface area contributed by atoms with E-state index in [2.05, 4.69) is 0 Å². The van der Waals surface area contributed by atoms with Crippen LogP contribution in [0.5, 0.6) is 0 Å². The van der Waals surface area contributed by atoms with Gasteiger partial charge in [-0.3, -0.25) is 14.4 Å². The van der Waals surface area contributed by atoms with Gasteiger partial charge in [0.05, 0.1) is 12.5 Å². The lowest BCUT2D eigenvalue weighted by atomic mass is 9.90. The van der Waals surface area contributed by atoms with Crippen LogP contribution < -0.4 is 0 Å². The van der Waals surface area contributed by atoms with Gasteiger partial charge in [-0.05, 0) is 55.7 Å². The van der Waals surface area contributed by atoms with Crippen LogP contribution in [0, 0.1) is 5.41 Å². The molecule has 2 heterocycles. The highest BCUT2D eigenvalue weighted by molar-refractivity contribution is 6.30. The Bertz CT molecular complexity index is 888. The average molecular weight is 462 g/mol. The van der Waals surface area contributed by atoms with Gasteiger partial charge in [0.25, 0.3) is 0 Å². The van der Waals surface area contributed by atoms with Gasteiger partial charge >= 0.3 is 0 Å². The summed E-state index contributed by atoms with van der Waals surface area (Å²) in [4.78, 5) is 43.3. The first-order chi connectivity index (χ1) is 15.3. The van der Waals surface area contributed by atoms with Gasteiger partial charge in [-0.25, -0.2) is 0 Å². The van der Waals surface area contributed by atoms with Crippen molar-refractivity contribution in [3.05, 3.63) is 34.9 Å². The molecule has 2 aliphatic heterocycles. The van der Waals surface area contributed by atoms with Gasteiger partial charge in [0.15, 0.2) is 0 Å². The molecule has 8 heteroatoms. The molecule has 7 nitrogen and oxygen atoms in total. The zero-order valence-electron chi connectivity index (χ0n) is 18.6. The first kappa shape index (κ1) is 23.1. The lowest BCUT2D eigenvalue weighted by molar-refractivity contribution is -0.150. The van der Waals surface area contributed by atoms with E-state index in [-0.39, 0.29) is 29.6 Å². The van der Waals surface area contributed by atoms with E-state index < -0.39 is 12.1 Å². The quantitative estimate of drug-likeness (QED) is 0.703. The van der Waals surface area contributed by atoms with E-state index in [4.69, 9.17) is 11.6 Å². The summed E-state index contributed by atoms with van der Waals surface area (Å²) >= 11 is 6.00. The minimum Gasteiger partial charge on any atom is -0.391 e. The number of hydrogen-bond acceptors (Lipinski definition) is 4. The normalized spacial score (nSPS) is 24.7. The van der Waals surface area contributed by atoms with E-state index in [1.54, 1.807) is 33.8 Å². The number of halogens is 1. The number of rotatable bonds is 6. The third-order valence-electron chi connectivity index (χ3n) is 7.36. The molecule has 3 aliphatic rings. The predicted molar refractivity (Wildman–Crippen MR) is 121 cm³/mol. The van der Waals surface area contributed by atoms with Crippen molar-refractivity contribution in [2.75, 3.05) is 32.7 Å². The standard InChI is InChI=1S/C24H32ClN3O4/c1-17-23(32)26(12-13-28(17)22(31)15-18-4-2-5-19(25)14-18)10-3-6-21(30)27-11-9-24(7-8-24)20(29)16-27/h2,4-5,14,17,20,29H,3,6-13,15-16H2,1H3/t17-,20+/m0/s1. The molecule has 0 radical (unpaired) electrons. The molecule has 32 heavy (non-hydrogen) atoms. The summed E-state index contributed by atoms with van der Waals surface area (Å²) in [6.07, 6.45) is 3.81. The summed E-state index contributed by atoms with van der Waals surface area (Å²) in [6, 6.07) is 6.69. The maximum atomic E-state index is 12.8. The number of amides is 3. The van der Waals surface area contributed by atoms with Crippen molar-refractivity contribution in [3.63, 3.8) is 0 Å². The third kappa shape index (κ3) is 4.94. The number of benzene rings is 1. The second kappa shape index (κ2) is 9.40. The maximum Gasteiger partial charge on any atom is 0.245 e. The Balaban J connectivity index is 1.22. The summed E-state index contributed by atoms with van der Waals surface area (Å²) in [5.41, 5.74) is 0.918. The molecular formula is C24H32ClN3O4. The Morgan fingerprint density at radius 3 is 2.62 bits per heavy atom. The van der Waals surface area contributed by atoms with E-state index in [0.29, 0.717) is 44.0 Å². The Morgan fingerprint density at radius 1 is 1.16 bits per heavy atom. The fourth-order valence-corrected chi connectivity index (χ4v) is 5.20. The van der Waals surface area contributed by atoms with Crippen LogP contribution in [0.2, 0.25) is 5.02 Å². The molecule has 3 amide bonds. The van der Waals surface area contributed by atoms with Gasteiger partial charge in [0.1, 0.15) is 6.04 Å². The largest absolute Gasteiger partial charge is 0.391 e. The van der Waals surface area contributed by atoms with Crippen molar-refractivity contribution in [1.82, 2.24) is 14.7 Å². The van der Waals surface area contributed by atoms with Crippen LogP contribution in [0.1, 0.15) is 44.6 Å².